The van der Waals surface area contributed by atoms with Crippen LogP contribution in [-0.2, 0) is 19.0 Å². The van der Waals surface area contributed by atoms with Crippen molar-refractivity contribution in [2.24, 2.45) is 0 Å². The normalized spacial score (nSPS) is 22.7. The number of aliphatic hydroxyl groups is 1. The van der Waals surface area contributed by atoms with Gasteiger partial charge in [-0.05, 0) is 19.1 Å². The van der Waals surface area contributed by atoms with Crippen LogP contribution < -0.4 is 5.73 Å². The van der Waals surface area contributed by atoms with E-state index in [1.54, 1.807) is 16.7 Å². The van der Waals surface area contributed by atoms with Gasteiger partial charge in [-0.2, -0.15) is 8.42 Å². The topological polar surface area (TPSA) is 142 Å². The highest BCUT2D eigenvalue weighted by molar-refractivity contribution is 7.86. The molecule has 2 aromatic heterocycles. The Kier molecular flexibility index (Phi) is 4.75. The third-order valence-electron chi connectivity index (χ3n) is 4.60. The van der Waals surface area contributed by atoms with Crippen LogP contribution in [0.1, 0.15) is 18.2 Å². The fourth-order valence-corrected chi connectivity index (χ4v) is 3.97. The molecule has 1 aliphatic heterocycles. The molecule has 1 aliphatic rings. The molecule has 1 fully saturated rings. The van der Waals surface area contributed by atoms with E-state index in [-0.39, 0.29) is 23.7 Å². The van der Waals surface area contributed by atoms with Crippen molar-refractivity contribution in [3.05, 3.63) is 42.5 Å². The number of aliphatic hydroxyl groups excluding tert-OH is 1. The van der Waals surface area contributed by atoms with Gasteiger partial charge in [-0.3, -0.25) is 8.75 Å². The van der Waals surface area contributed by atoms with Gasteiger partial charge in [0.25, 0.3) is 10.1 Å². The van der Waals surface area contributed by atoms with Crippen LogP contribution in [0, 0.1) is 6.92 Å². The number of ether oxygens (including phenoxy) is 1. The summed E-state index contributed by atoms with van der Waals surface area (Å²) in [5.74, 6) is 0.242. The summed E-state index contributed by atoms with van der Waals surface area (Å²) in [4.78, 5) is 12.3. The molecule has 0 amide bonds. The minimum Gasteiger partial charge on any atom is -0.390 e. The molecule has 0 bridgehead atoms. The third kappa shape index (κ3) is 3.44. The predicted molar refractivity (Wildman–Crippen MR) is 98.6 cm³/mol. The Bertz CT molecular complexity index is 1100. The summed E-state index contributed by atoms with van der Waals surface area (Å²) in [5.41, 5.74) is 7.62. The molecule has 1 aromatic carbocycles. The van der Waals surface area contributed by atoms with Crippen molar-refractivity contribution in [2.75, 3.05) is 12.3 Å². The van der Waals surface area contributed by atoms with Crippen LogP contribution in [0.3, 0.4) is 0 Å². The van der Waals surface area contributed by atoms with Gasteiger partial charge in [0.15, 0.2) is 11.5 Å². The maximum absolute atomic E-state index is 12.3. The van der Waals surface area contributed by atoms with Crippen LogP contribution in [0.5, 0.6) is 0 Å². The second kappa shape index (κ2) is 7.09. The Labute approximate surface area is 161 Å². The first-order valence-electron chi connectivity index (χ1n) is 8.58. The van der Waals surface area contributed by atoms with Crippen molar-refractivity contribution < 1.29 is 22.4 Å². The zero-order valence-corrected chi connectivity index (χ0v) is 15.8. The van der Waals surface area contributed by atoms with Crippen molar-refractivity contribution in [1.82, 2.24) is 19.5 Å². The Morgan fingerprint density at radius 1 is 1.29 bits per heavy atom. The Hall–Kier alpha value is -2.60. The van der Waals surface area contributed by atoms with Crippen molar-refractivity contribution in [1.29, 1.82) is 0 Å². The minimum absolute atomic E-state index is 0.0508. The van der Waals surface area contributed by atoms with E-state index in [1.165, 1.54) is 24.8 Å². The fraction of sp³-hybridized carbons (Fsp3) is 0.353. The van der Waals surface area contributed by atoms with Crippen molar-refractivity contribution in [3.63, 3.8) is 0 Å². The summed E-state index contributed by atoms with van der Waals surface area (Å²) in [6.07, 6.45) is 0.741. The monoisotopic (exact) mass is 405 g/mol. The van der Waals surface area contributed by atoms with Crippen LogP contribution in [0.25, 0.3) is 11.2 Å². The molecule has 0 aliphatic carbocycles. The van der Waals surface area contributed by atoms with Crippen LogP contribution in [-0.4, -0.2) is 51.9 Å². The average molecular weight is 405 g/mol. The van der Waals surface area contributed by atoms with Crippen molar-refractivity contribution in [2.45, 2.75) is 36.7 Å². The van der Waals surface area contributed by atoms with Gasteiger partial charge in [-0.1, -0.05) is 17.7 Å². The van der Waals surface area contributed by atoms with Gasteiger partial charge in [0.05, 0.1) is 23.9 Å². The van der Waals surface area contributed by atoms with Crippen LogP contribution >= 0.6 is 0 Å². The molecule has 3 heterocycles. The van der Waals surface area contributed by atoms with E-state index >= 15 is 0 Å². The van der Waals surface area contributed by atoms with Crippen LogP contribution in [0.15, 0.2) is 41.8 Å². The zero-order valence-electron chi connectivity index (χ0n) is 15.0. The van der Waals surface area contributed by atoms with E-state index in [1.807, 2.05) is 6.92 Å². The van der Waals surface area contributed by atoms with E-state index in [9.17, 15) is 13.5 Å². The molecule has 28 heavy (non-hydrogen) atoms. The molecule has 4 rings (SSSR count). The van der Waals surface area contributed by atoms with Crippen LogP contribution in [0.4, 0.5) is 5.82 Å². The zero-order chi connectivity index (χ0) is 19.9. The minimum atomic E-state index is -3.95. The maximum atomic E-state index is 12.3. The number of benzene rings is 1. The summed E-state index contributed by atoms with van der Waals surface area (Å²) in [5, 5.41) is 10.3. The lowest BCUT2D eigenvalue weighted by molar-refractivity contribution is -0.0371. The second-order valence-electron chi connectivity index (χ2n) is 6.57. The Morgan fingerprint density at radius 3 is 2.79 bits per heavy atom. The highest BCUT2D eigenvalue weighted by Gasteiger charge is 2.37. The Morgan fingerprint density at radius 2 is 2.04 bits per heavy atom. The number of hydrogen-bond acceptors (Lipinski definition) is 9. The number of nitrogens with zero attached hydrogens (tertiary/aromatic N) is 4. The second-order valence-corrected chi connectivity index (χ2v) is 8.18. The first-order valence-corrected chi connectivity index (χ1v) is 9.98. The maximum Gasteiger partial charge on any atom is 0.297 e. The molecule has 0 spiro atoms. The van der Waals surface area contributed by atoms with E-state index in [0.717, 1.165) is 5.56 Å². The highest BCUT2D eigenvalue weighted by Crippen LogP contribution is 2.32. The van der Waals surface area contributed by atoms with Gasteiger partial charge in [-0.15, -0.1) is 0 Å². The summed E-state index contributed by atoms with van der Waals surface area (Å²) >= 11 is 0. The fourth-order valence-electron chi connectivity index (χ4n) is 3.05. The lowest BCUT2D eigenvalue weighted by Gasteiger charge is -2.16. The molecule has 10 nitrogen and oxygen atoms in total. The van der Waals surface area contributed by atoms with Gasteiger partial charge in [0, 0.05) is 6.42 Å². The molecular weight excluding hydrogens is 386 g/mol. The van der Waals surface area contributed by atoms with Crippen molar-refractivity contribution >= 4 is 27.1 Å². The molecular formula is C17H19N5O5S. The van der Waals surface area contributed by atoms with E-state index < -0.39 is 28.6 Å². The first-order chi connectivity index (χ1) is 13.3. The number of anilines is 1. The smallest absolute Gasteiger partial charge is 0.297 e. The number of hydrogen-bond donors (Lipinski definition) is 2. The SMILES string of the molecule is Cc1ccc(S(=O)(=O)OCC2OC(n3cnc4c(N)ncnc43)CC2O)cc1. The molecule has 1 saturated heterocycles. The lowest BCUT2D eigenvalue weighted by Crippen LogP contribution is -2.28. The molecule has 11 heteroatoms. The van der Waals surface area contributed by atoms with Crippen LogP contribution in [0.2, 0.25) is 0 Å². The summed E-state index contributed by atoms with van der Waals surface area (Å²) in [6.45, 7) is 1.55. The Balaban J connectivity index is 1.47. The molecule has 3 unspecified atom stereocenters. The number of imidazole rings is 1. The molecule has 3 atom stereocenters. The standard InChI is InChI=1S/C17H19N5O5S/c1-10-2-4-11(5-3-10)28(24,25)26-7-13-12(23)6-14(27-13)22-9-21-15-16(18)19-8-20-17(15)22/h2-5,8-9,12-14,23H,6-7H2,1H3,(H2,18,19,20). The number of fused-ring (bicyclic) bond motifs is 1. The van der Waals surface area contributed by atoms with Gasteiger partial charge in [0.2, 0.25) is 0 Å². The van der Waals surface area contributed by atoms with Gasteiger partial charge in [-0.25, -0.2) is 15.0 Å². The molecule has 3 N–H and O–H groups in total. The largest absolute Gasteiger partial charge is 0.390 e. The lowest BCUT2D eigenvalue weighted by atomic mass is 10.2. The molecule has 0 saturated carbocycles. The summed E-state index contributed by atoms with van der Waals surface area (Å²) in [7, 11) is -3.95. The van der Waals surface area contributed by atoms with Gasteiger partial charge in [0.1, 0.15) is 24.2 Å². The van der Waals surface area contributed by atoms with E-state index in [2.05, 4.69) is 15.0 Å². The van der Waals surface area contributed by atoms with E-state index in [4.69, 9.17) is 14.7 Å². The first kappa shape index (κ1) is 18.7. The summed E-state index contributed by atoms with van der Waals surface area (Å²) < 4.78 is 37.2. The predicted octanol–water partition coefficient (Wildman–Crippen LogP) is 0.771. The summed E-state index contributed by atoms with van der Waals surface area (Å²) in [6, 6.07) is 6.32. The number of aryl methyl sites for hydroxylation is 1. The molecule has 148 valence electrons. The number of nitrogens with two attached hydrogens (primary N) is 1. The van der Waals surface area contributed by atoms with Gasteiger partial charge >= 0.3 is 0 Å². The quantitative estimate of drug-likeness (QED) is 0.588. The number of rotatable bonds is 5. The van der Waals surface area contributed by atoms with E-state index in [0.29, 0.717) is 11.2 Å². The average Bonchev–Trinajstić information content (AvgIpc) is 3.25. The molecule has 3 aromatic rings. The number of nitrogen functional groups attached to an aromatic ring is 1. The number of aromatic nitrogens is 4. The molecule has 0 radical (unpaired) electrons. The highest BCUT2D eigenvalue weighted by atomic mass is 32.2. The van der Waals surface area contributed by atoms with Gasteiger partial charge < -0.3 is 15.6 Å². The third-order valence-corrected chi connectivity index (χ3v) is 5.89. The van der Waals surface area contributed by atoms with Crippen molar-refractivity contribution in [3.8, 4) is 0 Å².